The van der Waals surface area contributed by atoms with Crippen molar-refractivity contribution in [2.45, 2.75) is 38.6 Å². The van der Waals surface area contributed by atoms with Gasteiger partial charge in [0.2, 0.25) is 0 Å². The van der Waals surface area contributed by atoms with Crippen molar-refractivity contribution in [2.75, 3.05) is 5.32 Å². The molecule has 2 aromatic rings. The van der Waals surface area contributed by atoms with Crippen LogP contribution in [-0.4, -0.2) is 25.8 Å². The topological polar surface area (TPSA) is 55.6 Å². The molecule has 2 heterocycles. The van der Waals surface area contributed by atoms with Crippen molar-refractivity contribution in [3.05, 3.63) is 31.0 Å². The molecule has 3 rings (SSSR count). The average Bonchev–Trinajstić information content (AvgIpc) is 2.93. The van der Waals surface area contributed by atoms with E-state index >= 15 is 0 Å². The van der Waals surface area contributed by atoms with Gasteiger partial charge < -0.3 is 5.32 Å². The number of rotatable bonds is 3. The predicted molar refractivity (Wildman–Crippen MR) is 74.2 cm³/mol. The summed E-state index contributed by atoms with van der Waals surface area (Å²) in [6, 6.07) is 4.55. The van der Waals surface area contributed by atoms with E-state index < -0.39 is 0 Å². The minimum Gasteiger partial charge on any atom is -0.379 e. The van der Waals surface area contributed by atoms with Gasteiger partial charge in [-0.1, -0.05) is 19.8 Å². The fourth-order valence-electron chi connectivity index (χ4n) is 2.79. The van der Waals surface area contributed by atoms with Crippen molar-refractivity contribution in [1.82, 2.24) is 19.7 Å². The van der Waals surface area contributed by atoms with Crippen LogP contribution < -0.4 is 5.32 Å². The first-order valence-electron chi connectivity index (χ1n) is 6.89. The van der Waals surface area contributed by atoms with E-state index in [1.54, 1.807) is 17.2 Å². The van der Waals surface area contributed by atoms with Gasteiger partial charge >= 0.3 is 0 Å². The number of hydrogen-bond donors (Lipinski definition) is 1. The lowest BCUT2D eigenvalue weighted by atomic mass is 9.87. The standard InChI is InChI=1S/C14H19N5/c1-11-4-2-5-12(8-11)18-13-6-3-7-16-14(13)19-10-15-9-17-19/h3,6-7,9-12,18H,2,4-5,8H2,1H3. The predicted octanol–water partition coefficient (Wildman–Crippen LogP) is 2.65. The zero-order chi connectivity index (χ0) is 13.1. The molecule has 0 radical (unpaired) electrons. The first kappa shape index (κ1) is 12.1. The highest BCUT2D eigenvalue weighted by Gasteiger charge is 2.19. The molecular weight excluding hydrogens is 238 g/mol. The van der Waals surface area contributed by atoms with Gasteiger partial charge in [0.1, 0.15) is 12.7 Å². The van der Waals surface area contributed by atoms with E-state index in [9.17, 15) is 0 Å². The molecule has 5 heteroatoms. The molecule has 19 heavy (non-hydrogen) atoms. The Labute approximate surface area is 113 Å². The molecule has 0 spiro atoms. The first-order chi connectivity index (χ1) is 9.33. The van der Waals surface area contributed by atoms with Gasteiger partial charge in [0, 0.05) is 12.2 Å². The highest BCUT2D eigenvalue weighted by atomic mass is 15.3. The van der Waals surface area contributed by atoms with E-state index in [-0.39, 0.29) is 0 Å². The van der Waals surface area contributed by atoms with E-state index in [2.05, 4.69) is 33.4 Å². The lowest BCUT2D eigenvalue weighted by molar-refractivity contribution is 0.358. The quantitative estimate of drug-likeness (QED) is 0.918. The molecule has 0 bridgehead atoms. The van der Waals surface area contributed by atoms with Crippen LogP contribution in [0.2, 0.25) is 0 Å². The summed E-state index contributed by atoms with van der Waals surface area (Å²) in [5.74, 6) is 1.62. The van der Waals surface area contributed by atoms with Crippen LogP contribution in [0.3, 0.4) is 0 Å². The Morgan fingerprint density at radius 2 is 2.32 bits per heavy atom. The van der Waals surface area contributed by atoms with Crippen LogP contribution >= 0.6 is 0 Å². The Morgan fingerprint density at radius 3 is 3.11 bits per heavy atom. The van der Waals surface area contributed by atoms with Gasteiger partial charge in [0.15, 0.2) is 5.82 Å². The Hall–Kier alpha value is -1.91. The van der Waals surface area contributed by atoms with Crippen LogP contribution in [-0.2, 0) is 0 Å². The summed E-state index contributed by atoms with van der Waals surface area (Å²) in [4.78, 5) is 8.39. The number of anilines is 1. The van der Waals surface area contributed by atoms with Gasteiger partial charge in [-0.2, -0.15) is 5.10 Å². The average molecular weight is 257 g/mol. The zero-order valence-corrected chi connectivity index (χ0v) is 11.2. The highest BCUT2D eigenvalue weighted by Crippen LogP contribution is 2.27. The first-order valence-corrected chi connectivity index (χ1v) is 6.89. The second kappa shape index (κ2) is 5.38. The highest BCUT2D eigenvalue weighted by molar-refractivity contribution is 5.56. The number of nitrogens with zero attached hydrogens (tertiary/aromatic N) is 4. The minimum absolute atomic E-state index is 0.537. The van der Waals surface area contributed by atoms with E-state index in [0.29, 0.717) is 6.04 Å². The molecule has 2 unspecified atom stereocenters. The molecule has 2 atom stereocenters. The van der Waals surface area contributed by atoms with Gasteiger partial charge in [-0.3, -0.25) is 0 Å². The van der Waals surface area contributed by atoms with E-state index in [0.717, 1.165) is 17.4 Å². The summed E-state index contributed by atoms with van der Waals surface area (Å²) >= 11 is 0. The normalized spacial score (nSPS) is 23.2. The molecule has 2 aromatic heterocycles. The third kappa shape index (κ3) is 2.75. The van der Waals surface area contributed by atoms with Crippen molar-refractivity contribution in [1.29, 1.82) is 0 Å². The van der Waals surface area contributed by atoms with E-state index in [1.165, 1.54) is 32.0 Å². The summed E-state index contributed by atoms with van der Waals surface area (Å²) in [6.45, 7) is 2.33. The van der Waals surface area contributed by atoms with Crippen LogP contribution in [0.25, 0.3) is 5.82 Å². The number of nitrogens with one attached hydrogen (secondary N) is 1. The molecule has 100 valence electrons. The van der Waals surface area contributed by atoms with Crippen LogP contribution in [0.5, 0.6) is 0 Å². The number of hydrogen-bond acceptors (Lipinski definition) is 4. The van der Waals surface area contributed by atoms with Gasteiger partial charge in [-0.15, -0.1) is 0 Å². The summed E-state index contributed by atoms with van der Waals surface area (Å²) in [5.41, 5.74) is 1.03. The smallest absolute Gasteiger partial charge is 0.178 e. The molecule has 1 aliphatic rings. The molecule has 0 aliphatic heterocycles. The number of pyridine rings is 1. The van der Waals surface area contributed by atoms with Crippen molar-refractivity contribution < 1.29 is 0 Å². The van der Waals surface area contributed by atoms with E-state index in [1.807, 2.05) is 6.07 Å². The Bertz CT molecular complexity index is 522. The summed E-state index contributed by atoms with van der Waals surface area (Å²) in [7, 11) is 0. The summed E-state index contributed by atoms with van der Waals surface area (Å²) in [5, 5.41) is 7.78. The van der Waals surface area contributed by atoms with Crippen LogP contribution in [0.4, 0.5) is 5.69 Å². The molecule has 1 fully saturated rings. The molecule has 1 N–H and O–H groups in total. The molecule has 1 aliphatic carbocycles. The fourth-order valence-corrected chi connectivity index (χ4v) is 2.79. The number of aromatic nitrogens is 4. The second-order valence-electron chi connectivity index (χ2n) is 5.33. The van der Waals surface area contributed by atoms with Crippen LogP contribution in [0.15, 0.2) is 31.0 Å². The monoisotopic (exact) mass is 257 g/mol. The molecular formula is C14H19N5. The van der Waals surface area contributed by atoms with Gasteiger partial charge in [-0.05, 0) is 30.9 Å². The van der Waals surface area contributed by atoms with Crippen molar-refractivity contribution >= 4 is 5.69 Å². The summed E-state index contributed by atoms with van der Waals surface area (Å²) in [6.07, 6.45) is 10.1. The minimum atomic E-state index is 0.537. The maximum atomic E-state index is 4.40. The van der Waals surface area contributed by atoms with Gasteiger partial charge in [0.25, 0.3) is 0 Å². The van der Waals surface area contributed by atoms with Crippen LogP contribution in [0, 0.1) is 5.92 Å². The maximum absolute atomic E-state index is 4.40. The van der Waals surface area contributed by atoms with E-state index in [4.69, 9.17) is 0 Å². The molecule has 5 nitrogen and oxygen atoms in total. The Balaban J connectivity index is 1.81. The molecule has 1 saturated carbocycles. The third-order valence-electron chi connectivity index (χ3n) is 3.72. The SMILES string of the molecule is CC1CCCC(Nc2cccnc2-n2cncn2)C1. The second-order valence-corrected chi connectivity index (χ2v) is 5.33. The van der Waals surface area contributed by atoms with Crippen molar-refractivity contribution in [2.24, 2.45) is 5.92 Å². The summed E-state index contributed by atoms with van der Waals surface area (Å²) < 4.78 is 1.70. The lowest BCUT2D eigenvalue weighted by Gasteiger charge is -2.28. The zero-order valence-electron chi connectivity index (χ0n) is 11.2. The lowest BCUT2D eigenvalue weighted by Crippen LogP contribution is -2.26. The van der Waals surface area contributed by atoms with Crippen molar-refractivity contribution in [3.63, 3.8) is 0 Å². The largest absolute Gasteiger partial charge is 0.379 e. The maximum Gasteiger partial charge on any atom is 0.178 e. The molecule has 0 aromatic carbocycles. The Kier molecular flexibility index (Phi) is 3.44. The fraction of sp³-hybridized carbons (Fsp3) is 0.500. The molecule has 0 saturated heterocycles. The van der Waals surface area contributed by atoms with Crippen molar-refractivity contribution in [3.8, 4) is 5.82 Å². The van der Waals surface area contributed by atoms with Gasteiger partial charge in [0.05, 0.1) is 5.69 Å². The Morgan fingerprint density at radius 1 is 1.37 bits per heavy atom. The van der Waals surface area contributed by atoms with Crippen LogP contribution in [0.1, 0.15) is 32.6 Å². The molecule has 0 amide bonds. The van der Waals surface area contributed by atoms with Gasteiger partial charge in [-0.25, -0.2) is 14.6 Å². The third-order valence-corrected chi connectivity index (χ3v) is 3.72.